The zero-order chi connectivity index (χ0) is 15.6. The molecule has 0 bridgehead atoms. The predicted octanol–water partition coefficient (Wildman–Crippen LogP) is 0.0553. The highest BCUT2D eigenvalue weighted by molar-refractivity contribution is 7.91. The molecule has 1 aliphatic carbocycles. The molecule has 0 saturated carbocycles. The van der Waals surface area contributed by atoms with Gasteiger partial charge in [0.05, 0.1) is 0 Å². The van der Waals surface area contributed by atoms with Gasteiger partial charge >= 0.3 is 0 Å². The molecule has 0 amide bonds. The van der Waals surface area contributed by atoms with Gasteiger partial charge in [0, 0.05) is 17.8 Å². The molecule has 0 N–H and O–H groups in total. The maximum Gasteiger partial charge on any atom is 0.264 e. The quantitative estimate of drug-likeness (QED) is 0.410. The first kappa shape index (κ1) is 16.4. The Bertz CT molecular complexity index is 572. The highest BCUT2D eigenvalue weighted by Gasteiger charge is 2.23. The fourth-order valence-electron chi connectivity index (χ4n) is 1.45. The molecular weight excluding hydrogens is 280 g/mol. The summed E-state index contributed by atoms with van der Waals surface area (Å²) >= 11 is 0. The molecule has 0 aromatic heterocycles. The van der Waals surface area contributed by atoms with Crippen LogP contribution >= 0.6 is 0 Å². The Labute approximate surface area is 119 Å². The lowest BCUT2D eigenvalue weighted by Crippen LogP contribution is -2.33. The minimum Gasteiger partial charge on any atom is -0.594 e. The normalized spacial score (nSPS) is 20.1. The number of allylic oxidation sites excluding steroid dienone is 2. The van der Waals surface area contributed by atoms with Crippen molar-refractivity contribution < 1.29 is 22.8 Å². The van der Waals surface area contributed by atoms with E-state index in [0.29, 0.717) is 0 Å². The molecule has 20 heavy (non-hydrogen) atoms. The van der Waals surface area contributed by atoms with E-state index in [-0.39, 0.29) is 0 Å². The zero-order valence-electron chi connectivity index (χ0n) is 12.3. The van der Waals surface area contributed by atoms with E-state index in [1.165, 1.54) is 12.2 Å². The summed E-state index contributed by atoms with van der Waals surface area (Å²) in [5.74, 6) is 0. The second-order valence-electron chi connectivity index (χ2n) is 5.59. The lowest BCUT2D eigenvalue weighted by molar-refractivity contribution is -0.462. The molecule has 1 aliphatic rings. The minimum absolute atomic E-state index is 0.778. The van der Waals surface area contributed by atoms with Crippen LogP contribution in [0.4, 0.5) is 0 Å². The summed E-state index contributed by atoms with van der Waals surface area (Å²) in [5.41, 5.74) is 0.0916. The minimum atomic E-state index is -3.96. The molecule has 0 saturated heterocycles. The van der Waals surface area contributed by atoms with Crippen LogP contribution in [0.25, 0.3) is 0 Å². The average molecular weight is 300 g/mol. The van der Waals surface area contributed by atoms with Gasteiger partial charge in [-0.1, -0.05) is 32.9 Å². The Balaban J connectivity index is 2.93. The van der Waals surface area contributed by atoms with Crippen molar-refractivity contribution in [2.75, 3.05) is 14.1 Å². The van der Waals surface area contributed by atoms with Crippen molar-refractivity contribution >= 4 is 21.8 Å². The molecule has 1 rings (SSSR count). The second-order valence-corrected chi connectivity index (χ2v) is 7.35. The molecule has 0 atom stereocenters. The highest BCUT2D eigenvalue weighted by atomic mass is 32.2. The summed E-state index contributed by atoms with van der Waals surface area (Å²) in [6.45, 7) is 4.93. The molecule has 0 radical (unpaired) electrons. The van der Waals surface area contributed by atoms with E-state index < -0.39 is 27.0 Å². The monoisotopic (exact) mass is 300 g/mol. The van der Waals surface area contributed by atoms with E-state index >= 15 is 0 Å². The number of ether oxygens (including phenoxy) is 1. The van der Waals surface area contributed by atoms with Crippen LogP contribution in [0.5, 0.6) is 0 Å². The van der Waals surface area contributed by atoms with E-state index in [4.69, 9.17) is 4.74 Å². The third kappa shape index (κ3) is 4.80. The van der Waals surface area contributed by atoms with Crippen molar-refractivity contribution in [2.45, 2.75) is 31.6 Å². The Morgan fingerprint density at radius 1 is 1.30 bits per heavy atom. The van der Waals surface area contributed by atoms with Gasteiger partial charge < -0.3 is 9.84 Å². The molecule has 0 heterocycles. The van der Waals surface area contributed by atoms with Crippen LogP contribution < -0.4 is 5.11 Å². The molecule has 0 unspecified atom stereocenters. The first-order chi connectivity index (χ1) is 9.01. The Hall–Kier alpha value is -1.63. The van der Waals surface area contributed by atoms with Crippen molar-refractivity contribution in [1.82, 2.24) is 0 Å². The summed E-state index contributed by atoms with van der Waals surface area (Å²) < 4.78 is 33.8. The molecule has 0 fully saturated rings. The summed E-state index contributed by atoms with van der Waals surface area (Å²) in [6, 6.07) is 0. The lowest BCUT2D eigenvalue weighted by atomic mass is 10.2. The van der Waals surface area contributed by atoms with E-state index in [9.17, 15) is 13.5 Å². The van der Waals surface area contributed by atoms with E-state index in [1.54, 1.807) is 32.9 Å². The molecule has 7 heteroatoms. The third-order valence-electron chi connectivity index (χ3n) is 2.37. The fourth-order valence-corrected chi connectivity index (χ4v) is 2.37. The molecule has 0 spiro atoms. The SMILES string of the molecule is C[N+](C)=C1C=CC(S(=O)(=O)/N=C(\[O-])OC(C)(C)C)C=C1. The van der Waals surface area contributed by atoms with Crippen LogP contribution in [0.3, 0.4) is 0 Å². The second kappa shape index (κ2) is 5.78. The predicted molar refractivity (Wildman–Crippen MR) is 76.4 cm³/mol. The molecule has 0 aromatic carbocycles. The number of hydrogen-bond donors (Lipinski definition) is 0. The van der Waals surface area contributed by atoms with Crippen LogP contribution in [0, 0.1) is 0 Å². The van der Waals surface area contributed by atoms with Crippen molar-refractivity contribution in [1.29, 1.82) is 0 Å². The van der Waals surface area contributed by atoms with Crippen molar-refractivity contribution in [3.8, 4) is 0 Å². The third-order valence-corrected chi connectivity index (χ3v) is 3.77. The first-order valence-corrected chi connectivity index (χ1v) is 7.62. The summed E-state index contributed by atoms with van der Waals surface area (Å²) in [4.78, 5) is 0. The largest absolute Gasteiger partial charge is 0.594 e. The van der Waals surface area contributed by atoms with Crippen LogP contribution in [0.15, 0.2) is 28.7 Å². The number of hydrogen-bond acceptors (Lipinski definition) is 4. The van der Waals surface area contributed by atoms with Crippen molar-refractivity contribution in [2.24, 2.45) is 4.40 Å². The topological polar surface area (TPSA) is 81.8 Å². The van der Waals surface area contributed by atoms with Crippen molar-refractivity contribution in [3.05, 3.63) is 24.3 Å². The van der Waals surface area contributed by atoms with E-state index in [0.717, 1.165) is 5.71 Å². The van der Waals surface area contributed by atoms with Crippen LogP contribution in [0.2, 0.25) is 0 Å². The van der Waals surface area contributed by atoms with E-state index in [2.05, 4.69) is 4.40 Å². The summed E-state index contributed by atoms with van der Waals surface area (Å²) in [5, 5.41) is 10.5. The van der Waals surface area contributed by atoms with Crippen LogP contribution in [-0.4, -0.2) is 49.7 Å². The maximum atomic E-state index is 12.0. The standard InChI is InChI=1S/C13H20N2O4S/c1-13(2,3)19-12(16)14-20(17,18)11-8-6-10(7-9-11)15(4)5/h6-9,11H,1-5H3. The van der Waals surface area contributed by atoms with Crippen LogP contribution in [0.1, 0.15) is 20.8 Å². The summed E-state index contributed by atoms with van der Waals surface area (Å²) in [6.07, 6.45) is 5.22. The van der Waals surface area contributed by atoms with Gasteiger partial charge in [0.15, 0.2) is 11.8 Å². The Morgan fingerprint density at radius 2 is 1.80 bits per heavy atom. The van der Waals surface area contributed by atoms with Gasteiger partial charge in [-0.2, -0.15) is 0 Å². The number of sulfonamides is 1. The van der Waals surface area contributed by atoms with Gasteiger partial charge in [-0.05, 0) is 0 Å². The molecule has 6 nitrogen and oxygen atoms in total. The zero-order valence-corrected chi connectivity index (χ0v) is 13.1. The number of nitrogens with zero attached hydrogens (tertiary/aromatic N) is 2. The van der Waals surface area contributed by atoms with Gasteiger partial charge in [-0.15, -0.1) is 4.40 Å². The maximum absolute atomic E-state index is 12.0. The van der Waals surface area contributed by atoms with Gasteiger partial charge in [0.2, 0.25) is 0 Å². The first-order valence-electron chi connectivity index (χ1n) is 6.12. The fraction of sp³-hybridized carbons (Fsp3) is 0.538. The van der Waals surface area contributed by atoms with Crippen LogP contribution in [-0.2, 0) is 14.8 Å². The average Bonchev–Trinajstić information content (AvgIpc) is 2.25. The molecule has 112 valence electrons. The molecular formula is C13H20N2O4S. The van der Waals surface area contributed by atoms with Gasteiger partial charge in [-0.3, -0.25) is 0 Å². The van der Waals surface area contributed by atoms with Gasteiger partial charge in [0.1, 0.15) is 19.3 Å². The summed E-state index contributed by atoms with van der Waals surface area (Å²) in [7, 11) is -0.257. The van der Waals surface area contributed by atoms with Gasteiger partial charge in [0.25, 0.3) is 10.0 Å². The van der Waals surface area contributed by atoms with E-state index in [1.807, 2.05) is 18.7 Å². The molecule has 0 aliphatic heterocycles. The van der Waals surface area contributed by atoms with Gasteiger partial charge in [-0.25, -0.2) is 13.0 Å². The van der Waals surface area contributed by atoms with Crippen molar-refractivity contribution in [3.63, 3.8) is 0 Å². The Morgan fingerprint density at radius 3 is 2.20 bits per heavy atom. The Kier molecular flexibility index (Phi) is 4.75. The number of rotatable bonds is 2. The molecule has 0 aromatic rings. The highest BCUT2D eigenvalue weighted by Crippen LogP contribution is 2.13. The lowest BCUT2D eigenvalue weighted by Gasteiger charge is -2.29. The smallest absolute Gasteiger partial charge is 0.264 e.